The molecule has 1 aliphatic rings. The monoisotopic (exact) mass is 402 g/mol. The summed E-state index contributed by atoms with van der Waals surface area (Å²) in [5.74, 6) is -0.904. The number of amides is 2. The second-order valence-electron chi connectivity index (χ2n) is 6.25. The maximum Gasteiger partial charge on any atom is 0.338 e. The summed E-state index contributed by atoms with van der Waals surface area (Å²) in [5.41, 5.74) is 1.54. The number of hydrogen-bond acceptors (Lipinski definition) is 5. The molecule has 0 aliphatic carbocycles. The van der Waals surface area contributed by atoms with Crippen LogP contribution in [0.5, 0.6) is 0 Å². The number of halogens is 1. The predicted octanol–water partition coefficient (Wildman–Crippen LogP) is 3.12. The molecule has 0 spiro atoms. The fourth-order valence-corrected chi connectivity index (χ4v) is 3.50. The van der Waals surface area contributed by atoms with Gasteiger partial charge in [0.1, 0.15) is 5.82 Å². The molecule has 28 heavy (non-hydrogen) atoms. The number of fused-ring (bicyclic) bond motifs is 1. The Morgan fingerprint density at radius 2 is 2.00 bits per heavy atom. The van der Waals surface area contributed by atoms with E-state index in [4.69, 9.17) is 4.74 Å². The lowest BCUT2D eigenvalue weighted by Crippen LogP contribution is -2.35. The molecule has 0 saturated carbocycles. The van der Waals surface area contributed by atoms with Crippen molar-refractivity contribution in [1.29, 1.82) is 0 Å². The standard InChI is InChI=1S/C20H19FN2O4S/c1-12(19(25)22-11-13-2-5-15(21)6-3-13)27-20(26)14-4-7-17-16(10-14)23-18(24)8-9-28-17/h2-7,10,12H,8-9,11H2,1H3,(H,22,25)(H,23,24)/t12-/m1/s1. The molecule has 2 amide bonds. The van der Waals surface area contributed by atoms with E-state index >= 15 is 0 Å². The van der Waals surface area contributed by atoms with Crippen LogP contribution in [-0.2, 0) is 20.9 Å². The smallest absolute Gasteiger partial charge is 0.338 e. The highest BCUT2D eigenvalue weighted by atomic mass is 32.2. The Morgan fingerprint density at radius 3 is 2.75 bits per heavy atom. The van der Waals surface area contributed by atoms with Crippen LogP contribution >= 0.6 is 11.8 Å². The number of benzene rings is 2. The van der Waals surface area contributed by atoms with Crippen molar-refractivity contribution >= 4 is 35.2 Å². The Labute approximate surface area is 165 Å². The van der Waals surface area contributed by atoms with E-state index in [0.717, 1.165) is 10.5 Å². The lowest BCUT2D eigenvalue weighted by atomic mass is 10.2. The molecular weight excluding hydrogens is 383 g/mol. The third-order valence-electron chi connectivity index (χ3n) is 4.11. The van der Waals surface area contributed by atoms with Crippen molar-refractivity contribution in [2.75, 3.05) is 11.1 Å². The van der Waals surface area contributed by atoms with Gasteiger partial charge in [-0.05, 0) is 42.8 Å². The molecule has 1 heterocycles. The average Bonchev–Trinajstić information content (AvgIpc) is 2.86. The first-order valence-electron chi connectivity index (χ1n) is 8.72. The van der Waals surface area contributed by atoms with Crippen molar-refractivity contribution in [3.05, 3.63) is 59.4 Å². The van der Waals surface area contributed by atoms with Gasteiger partial charge in [0.25, 0.3) is 5.91 Å². The van der Waals surface area contributed by atoms with E-state index in [2.05, 4.69) is 10.6 Å². The summed E-state index contributed by atoms with van der Waals surface area (Å²) in [6, 6.07) is 10.6. The van der Waals surface area contributed by atoms with Gasteiger partial charge in [-0.1, -0.05) is 12.1 Å². The molecule has 1 aliphatic heterocycles. The number of esters is 1. The highest BCUT2D eigenvalue weighted by Crippen LogP contribution is 2.31. The van der Waals surface area contributed by atoms with Crippen LogP contribution in [0.25, 0.3) is 0 Å². The van der Waals surface area contributed by atoms with Crippen molar-refractivity contribution in [2.24, 2.45) is 0 Å². The zero-order valence-electron chi connectivity index (χ0n) is 15.2. The SMILES string of the molecule is C[C@@H](OC(=O)c1ccc2c(c1)NC(=O)CCS2)C(=O)NCc1ccc(F)cc1. The number of nitrogens with one attached hydrogen (secondary N) is 2. The maximum atomic E-state index is 12.9. The van der Waals surface area contributed by atoms with Crippen LogP contribution in [-0.4, -0.2) is 29.6 Å². The van der Waals surface area contributed by atoms with Crippen LogP contribution in [0, 0.1) is 5.82 Å². The molecule has 0 radical (unpaired) electrons. The normalized spacial score (nSPS) is 14.3. The third kappa shape index (κ3) is 5.10. The molecule has 6 nitrogen and oxygen atoms in total. The number of carbonyl (C=O) groups excluding carboxylic acids is 3. The summed E-state index contributed by atoms with van der Waals surface area (Å²) in [6.45, 7) is 1.67. The molecule has 146 valence electrons. The number of thioether (sulfide) groups is 1. The van der Waals surface area contributed by atoms with Gasteiger partial charge in [-0.25, -0.2) is 9.18 Å². The molecule has 8 heteroatoms. The van der Waals surface area contributed by atoms with Gasteiger partial charge >= 0.3 is 5.97 Å². The molecule has 3 rings (SSSR count). The van der Waals surface area contributed by atoms with Crippen LogP contribution in [0.15, 0.2) is 47.4 Å². The second-order valence-corrected chi connectivity index (χ2v) is 7.39. The topological polar surface area (TPSA) is 84.5 Å². The van der Waals surface area contributed by atoms with Gasteiger partial charge in [-0.2, -0.15) is 0 Å². The minimum Gasteiger partial charge on any atom is -0.449 e. The van der Waals surface area contributed by atoms with Crippen molar-refractivity contribution < 1.29 is 23.5 Å². The first kappa shape index (κ1) is 19.9. The molecule has 0 saturated heterocycles. The van der Waals surface area contributed by atoms with Crippen molar-refractivity contribution in [1.82, 2.24) is 5.32 Å². The van der Waals surface area contributed by atoms with Gasteiger partial charge in [0, 0.05) is 23.6 Å². The fraction of sp³-hybridized carbons (Fsp3) is 0.250. The van der Waals surface area contributed by atoms with Gasteiger partial charge in [0.2, 0.25) is 5.91 Å². The molecule has 0 aromatic heterocycles. The number of anilines is 1. The Hall–Kier alpha value is -2.87. The average molecular weight is 402 g/mol. The molecule has 2 aromatic carbocycles. The Bertz CT molecular complexity index is 902. The summed E-state index contributed by atoms with van der Waals surface area (Å²) in [4.78, 5) is 37.1. The van der Waals surface area contributed by atoms with E-state index in [0.29, 0.717) is 17.9 Å². The molecule has 0 unspecified atom stereocenters. The summed E-state index contributed by atoms with van der Waals surface area (Å²) >= 11 is 1.53. The number of hydrogen-bond donors (Lipinski definition) is 2. The fourth-order valence-electron chi connectivity index (χ4n) is 2.56. The zero-order valence-corrected chi connectivity index (χ0v) is 16.0. The Balaban J connectivity index is 1.58. The van der Waals surface area contributed by atoms with Crippen LogP contribution in [0.2, 0.25) is 0 Å². The first-order valence-corrected chi connectivity index (χ1v) is 9.71. The minimum atomic E-state index is -1.00. The number of carbonyl (C=O) groups is 3. The largest absolute Gasteiger partial charge is 0.449 e. The van der Waals surface area contributed by atoms with E-state index in [1.807, 2.05) is 0 Å². The highest BCUT2D eigenvalue weighted by Gasteiger charge is 2.21. The quantitative estimate of drug-likeness (QED) is 0.751. The highest BCUT2D eigenvalue weighted by molar-refractivity contribution is 7.99. The Morgan fingerprint density at radius 1 is 1.25 bits per heavy atom. The summed E-state index contributed by atoms with van der Waals surface area (Å²) in [7, 11) is 0. The van der Waals surface area contributed by atoms with Crippen LogP contribution in [0.3, 0.4) is 0 Å². The number of ether oxygens (including phenoxy) is 1. The minimum absolute atomic E-state index is 0.106. The first-order chi connectivity index (χ1) is 13.4. The van der Waals surface area contributed by atoms with Crippen molar-refractivity contribution in [2.45, 2.75) is 30.9 Å². The lowest BCUT2D eigenvalue weighted by molar-refractivity contribution is -0.129. The van der Waals surface area contributed by atoms with Crippen LogP contribution in [0.4, 0.5) is 10.1 Å². The van der Waals surface area contributed by atoms with Crippen LogP contribution in [0.1, 0.15) is 29.3 Å². The number of rotatable bonds is 5. The molecule has 2 N–H and O–H groups in total. The summed E-state index contributed by atoms with van der Waals surface area (Å²) in [6.07, 6.45) is -0.597. The van der Waals surface area contributed by atoms with Crippen molar-refractivity contribution in [3.63, 3.8) is 0 Å². The lowest BCUT2D eigenvalue weighted by Gasteiger charge is -2.14. The van der Waals surface area contributed by atoms with Gasteiger partial charge < -0.3 is 15.4 Å². The van der Waals surface area contributed by atoms with E-state index < -0.39 is 18.0 Å². The zero-order chi connectivity index (χ0) is 20.1. The van der Waals surface area contributed by atoms with E-state index in [1.54, 1.807) is 30.3 Å². The molecule has 1 atom stereocenters. The van der Waals surface area contributed by atoms with E-state index in [1.165, 1.54) is 30.8 Å². The second kappa shape index (κ2) is 8.88. The summed E-state index contributed by atoms with van der Waals surface area (Å²) < 4.78 is 18.1. The van der Waals surface area contributed by atoms with Gasteiger partial charge in [-0.3, -0.25) is 9.59 Å². The van der Waals surface area contributed by atoms with Gasteiger partial charge in [0.05, 0.1) is 11.3 Å². The molecule has 0 fully saturated rings. The predicted molar refractivity (Wildman–Crippen MR) is 104 cm³/mol. The maximum absolute atomic E-state index is 12.9. The van der Waals surface area contributed by atoms with Gasteiger partial charge in [-0.15, -0.1) is 11.8 Å². The van der Waals surface area contributed by atoms with Crippen LogP contribution < -0.4 is 10.6 Å². The van der Waals surface area contributed by atoms with Crippen molar-refractivity contribution in [3.8, 4) is 0 Å². The van der Waals surface area contributed by atoms with Gasteiger partial charge in [0.15, 0.2) is 6.10 Å². The molecular formula is C20H19FN2O4S. The van der Waals surface area contributed by atoms with E-state index in [-0.39, 0.29) is 23.8 Å². The summed E-state index contributed by atoms with van der Waals surface area (Å²) in [5, 5.41) is 5.40. The van der Waals surface area contributed by atoms with E-state index in [9.17, 15) is 18.8 Å². The molecule has 0 bridgehead atoms. The molecule has 2 aromatic rings. The third-order valence-corrected chi connectivity index (χ3v) is 5.18. The Kier molecular flexibility index (Phi) is 6.30.